The van der Waals surface area contributed by atoms with E-state index in [0.29, 0.717) is 4.57 Å². The zero-order chi connectivity index (χ0) is 20.1. The van der Waals surface area contributed by atoms with Gasteiger partial charge in [0.2, 0.25) is 5.72 Å². The van der Waals surface area contributed by atoms with Crippen molar-refractivity contribution in [2.45, 2.75) is 48.5 Å². The second-order valence-corrected chi connectivity index (χ2v) is 7.51. The molecule has 8 atom stereocenters. The first-order valence-electron chi connectivity index (χ1n) is 7.94. The highest BCUT2D eigenvalue weighted by molar-refractivity contribution is 14.1. The maximum Gasteiger partial charge on any atom is 0.330 e. The van der Waals surface area contributed by atoms with Gasteiger partial charge >= 0.3 is 5.69 Å². The molecule has 0 unspecified atom stereocenters. The van der Waals surface area contributed by atoms with Crippen molar-refractivity contribution in [3.8, 4) is 0 Å². The summed E-state index contributed by atoms with van der Waals surface area (Å²) in [4.78, 5) is 26.0. The van der Waals surface area contributed by atoms with Crippen LogP contribution >= 0.6 is 22.6 Å². The zero-order valence-electron chi connectivity index (χ0n) is 13.6. The molecule has 6 N–H and O–H groups in total. The van der Waals surface area contributed by atoms with Gasteiger partial charge in [-0.1, -0.05) is 0 Å². The fourth-order valence-corrected chi connectivity index (χ4v) is 3.87. The highest BCUT2D eigenvalue weighted by Crippen LogP contribution is 2.44. The minimum atomic E-state index is -2.42. The van der Waals surface area contributed by atoms with Crippen LogP contribution in [0.25, 0.3) is 0 Å². The first-order valence-corrected chi connectivity index (χ1v) is 9.02. The highest BCUT2D eigenvalue weighted by atomic mass is 127. The van der Waals surface area contributed by atoms with Crippen LogP contribution in [0.2, 0.25) is 0 Å². The Hall–Kier alpha value is -0.940. The third-order valence-electron chi connectivity index (χ3n) is 4.83. The molecule has 0 bridgehead atoms. The van der Waals surface area contributed by atoms with Gasteiger partial charge in [-0.25, -0.2) is 9.18 Å². The molecular formula is C14H18FIN2O9. The number of nitrogens with zero attached hydrogens (tertiary/aromatic N) is 1. The molecular weight excluding hydrogens is 486 g/mol. The summed E-state index contributed by atoms with van der Waals surface area (Å²) < 4.78 is 26.3. The Balaban J connectivity index is 2.22. The zero-order valence-corrected chi connectivity index (χ0v) is 15.8. The van der Waals surface area contributed by atoms with Gasteiger partial charge in [0.25, 0.3) is 5.56 Å². The number of ether oxygens (including phenoxy) is 2. The second kappa shape index (κ2) is 7.47. The highest BCUT2D eigenvalue weighted by Gasteiger charge is 2.66. The molecule has 0 radical (unpaired) electrons. The molecule has 3 heterocycles. The molecule has 0 aromatic carbocycles. The van der Waals surface area contributed by atoms with E-state index in [-0.39, 0.29) is 3.57 Å². The van der Waals surface area contributed by atoms with Gasteiger partial charge in [0.15, 0.2) is 6.17 Å². The normalized spacial score (nSPS) is 42.0. The summed E-state index contributed by atoms with van der Waals surface area (Å²) in [5.41, 5.74) is -4.25. The van der Waals surface area contributed by atoms with E-state index in [2.05, 4.69) is 0 Å². The number of hydrogen-bond acceptors (Lipinski definition) is 9. The van der Waals surface area contributed by atoms with Crippen molar-refractivity contribution in [1.29, 1.82) is 0 Å². The van der Waals surface area contributed by atoms with Crippen LogP contribution in [0.15, 0.2) is 15.8 Å². The summed E-state index contributed by atoms with van der Waals surface area (Å²) in [6.45, 7) is -1.53. The second-order valence-electron chi connectivity index (χ2n) is 6.35. The molecule has 2 saturated heterocycles. The summed E-state index contributed by atoms with van der Waals surface area (Å²) in [5, 5.41) is 49.4. The molecule has 152 valence electrons. The summed E-state index contributed by atoms with van der Waals surface area (Å²) in [7, 11) is 0. The van der Waals surface area contributed by atoms with E-state index in [1.807, 2.05) is 4.98 Å². The molecule has 13 heteroatoms. The predicted molar refractivity (Wildman–Crippen MR) is 92.6 cm³/mol. The molecule has 1 aromatic rings. The van der Waals surface area contributed by atoms with Crippen LogP contribution in [0.5, 0.6) is 0 Å². The molecule has 0 saturated carbocycles. The third kappa shape index (κ3) is 3.05. The summed E-state index contributed by atoms with van der Waals surface area (Å²) >= 11 is 1.59. The van der Waals surface area contributed by atoms with Crippen LogP contribution in [0, 0.1) is 3.57 Å². The molecule has 2 aliphatic rings. The van der Waals surface area contributed by atoms with E-state index in [1.54, 1.807) is 22.6 Å². The Morgan fingerprint density at radius 3 is 2.33 bits per heavy atom. The quantitative estimate of drug-likeness (QED) is 0.226. The van der Waals surface area contributed by atoms with Crippen LogP contribution in [-0.2, 0) is 15.2 Å². The molecule has 0 aliphatic carbocycles. The van der Waals surface area contributed by atoms with E-state index >= 15 is 0 Å². The summed E-state index contributed by atoms with van der Waals surface area (Å²) in [6.07, 6.45) is -11.4. The smallest absolute Gasteiger partial charge is 0.330 e. The van der Waals surface area contributed by atoms with Crippen molar-refractivity contribution in [1.82, 2.24) is 9.55 Å². The Bertz CT molecular complexity index is 819. The number of rotatable bonds is 4. The maximum atomic E-state index is 14.8. The lowest BCUT2D eigenvalue weighted by molar-refractivity contribution is -0.229. The average Bonchev–Trinajstić information content (AvgIpc) is 3.07. The van der Waals surface area contributed by atoms with Crippen LogP contribution in [-0.4, -0.2) is 91.1 Å². The van der Waals surface area contributed by atoms with Crippen LogP contribution in [0.3, 0.4) is 0 Å². The SMILES string of the molecule is O=c1[nH]c(=O)n([C@]2([C@@H]3O[C@H](CO)[C@@H](O)[C@@H]3F)O[C@H](CO)[C@@H](O)[C@H]2O)cc1I. The van der Waals surface area contributed by atoms with E-state index < -0.39 is 73.0 Å². The predicted octanol–water partition coefficient (Wildman–Crippen LogP) is -3.63. The van der Waals surface area contributed by atoms with Crippen LogP contribution < -0.4 is 11.2 Å². The largest absolute Gasteiger partial charge is 0.394 e. The minimum Gasteiger partial charge on any atom is -0.394 e. The number of alkyl halides is 1. The van der Waals surface area contributed by atoms with Crippen molar-refractivity contribution in [2.24, 2.45) is 0 Å². The van der Waals surface area contributed by atoms with Gasteiger partial charge in [-0.15, -0.1) is 0 Å². The molecule has 1 aromatic heterocycles. The average molecular weight is 504 g/mol. The number of nitrogens with one attached hydrogen (secondary N) is 1. The molecule has 2 fully saturated rings. The van der Waals surface area contributed by atoms with Gasteiger partial charge in [-0.05, 0) is 22.6 Å². The lowest BCUT2D eigenvalue weighted by Crippen LogP contribution is -2.61. The lowest BCUT2D eigenvalue weighted by atomic mass is 9.93. The molecule has 0 spiro atoms. The van der Waals surface area contributed by atoms with Gasteiger partial charge in [0.05, 0.1) is 16.8 Å². The van der Waals surface area contributed by atoms with Gasteiger partial charge in [-0.3, -0.25) is 14.3 Å². The summed E-state index contributed by atoms with van der Waals surface area (Å²) in [5.74, 6) is 0. The van der Waals surface area contributed by atoms with Gasteiger partial charge in [-0.2, -0.15) is 0 Å². The number of aromatic nitrogens is 2. The number of halogens is 2. The van der Waals surface area contributed by atoms with Crippen molar-refractivity contribution in [2.75, 3.05) is 13.2 Å². The first kappa shape index (κ1) is 20.8. The fourth-order valence-electron chi connectivity index (χ4n) is 3.46. The monoisotopic (exact) mass is 504 g/mol. The molecule has 0 amide bonds. The van der Waals surface area contributed by atoms with Crippen LogP contribution in [0.1, 0.15) is 0 Å². The van der Waals surface area contributed by atoms with Gasteiger partial charge in [0.1, 0.15) is 36.6 Å². The third-order valence-corrected chi connectivity index (χ3v) is 5.60. The number of H-pyrrole nitrogens is 1. The fraction of sp³-hybridized carbons (Fsp3) is 0.714. The summed E-state index contributed by atoms with van der Waals surface area (Å²) in [6, 6.07) is 0. The number of aromatic amines is 1. The Labute approximate surface area is 164 Å². The molecule has 3 rings (SSSR count). The number of aliphatic hydroxyl groups excluding tert-OH is 5. The Kier molecular flexibility index (Phi) is 5.75. The van der Waals surface area contributed by atoms with Gasteiger partial charge in [0, 0.05) is 6.20 Å². The number of hydrogen-bond donors (Lipinski definition) is 6. The topological polar surface area (TPSA) is 174 Å². The van der Waals surface area contributed by atoms with Crippen molar-refractivity contribution >= 4 is 22.6 Å². The Morgan fingerprint density at radius 1 is 1.19 bits per heavy atom. The van der Waals surface area contributed by atoms with Crippen molar-refractivity contribution in [3.63, 3.8) is 0 Å². The first-order chi connectivity index (χ1) is 12.7. The molecule has 11 nitrogen and oxygen atoms in total. The van der Waals surface area contributed by atoms with Crippen molar-refractivity contribution in [3.05, 3.63) is 30.6 Å². The van der Waals surface area contributed by atoms with Gasteiger partial charge < -0.3 is 35.0 Å². The minimum absolute atomic E-state index is 0.0167. The molecule has 2 aliphatic heterocycles. The standard InChI is InChI=1S/C14H18FIN2O9/c15-7-8(21)5(2-19)26-11(7)14(10(23)9(22)6(3-20)27-14)18-1-4(16)12(24)17-13(18)25/h1,5-11,19-23H,2-3H2,(H,17,24,25)/t5-,6-,7+,8-,9-,10-,11-,14+/m1/s1. The van der Waals surface area contributed by atoms with Crippen LogP contribution in [0.4, 0.5) is 4.39 Å². The maximum absolute atomic E-state index is 14.8. The number of aliphatic hydroxyl groups is 5. The van der Waals surface area contributed by atoms with E-state index in [4.69, 9.17) is 9.47 Å². The van der Waals surface area contributed by atoms with E-state index in [0.717, 1.165) is 6.20 Å². The Morgan fingerprint density at radius 2 is 1.81 bits per heavy atom. The lowest BCUT2D eigenvalue weighted by Gasteiger charge is -2.39. The molecule has 27 heavy (non-hydrogen) atoms. The van der Waals surface area contributed by atoms with E-state index in [9.17, 15) is 39.5 Å². The van der Waals surface area contributed by atoms with E-state index in [1.165, 1.54) is 0 Å². The van der Waals surface area contributed by atoms with Crippen molar-refractivity contribution < 1.29 is 39.4 Å².